The molecule has 1 unspecified atom stereocenters. The first-order valence-corrected chi connectivity index (χ1v) is 8.63. The van der Waals surface area contributed by atoms with E-state index < -0.39 is 9.84 Å². The lowest BCUT2D eigenvalue weighted by Crippen LogP contribution is -2.31. The van der Waals surface area contributed by atoms with Gasteiger partial charge in [0.1, 0.15) is 0 Å². The van der Waals surface area contributed by atoms with Gasteiger partial charge in [-0.1, -0.05) is 27.2 Å². The smallest absolute Gasteiger partial charge is 0.151 e. The first-order chi connectivity index (χ1) is 7.87. The van der Waals surface area contributed by atoms with Gasteiger partial charge in [-0.3, -0.25) is 0 Å². The second-order valence-corrected chi connectivity index (χ2v) is 7.64. The third kappa shape index (κ3) is 10.8. The molecule has 104 valence electrons. The van der Waals surface area contributed by atoms with Crippen LogP contribution >= 0.6 is 0 Å². The summed E-state index contributed by atoms with van der Waals surface area (Å²) < 4.78 is 23.2. The predicted molar refractivity (Wildman–Crippen MR) is 75.1 cm³/mol. The highest BCUT2D eigenvalue weighted by Crippen LogP contribution is 2.06. The Kier molecular flexibility index (Phi) is 8.88. The van der Waals surface area contributed by atoms with Gasteiger partial charge in [0.25, 0.3) is 0 Å². The molecule has 0 aliphatic heterocycles. The molecule has 1 atom stereocenters. The fraction of sp³-hybridized carbons (Fsp3) is 1.00. The van der Waals surface area contributed by atoms with Gasteiger partial charge in [0.2, 0.25) is 0 Å². The molecule has 0 spiro atoms. The second kappa shape index (κ2) is 8.92. The van der Waals surface area contributed by atoms with E-state index in [2.05, 4.69) is 26.1 Å². The maximum atomic E-state index is 11.6. The molecule has 0 amide bonds. The molecule has 0 bridgehead atoms. The molecule has 0 aromatic carbocycles. The molecule has 0 aromatic rings. The molecule has 0 aromatic heterocycles. The maximum absolute atomic E-state index is 11.6. The van der Waals surface area contributed by atoms with Crippen LogP contribution in [0.5, 0.6) is 0 Å². The number of nitrogens with one attached hydrogen (secondary N) is 1. The van der Waals surface area contributed by atoms with E-state index in [1.807, 2.05) is 6.92 Å². The Bertz CT molecular complexity index is 273. The Balaban J connectivity index is 3.68. The number of unbranched alkanes of at least 4 members (excludes halogenated alkanes) is 1. The summed E-state index contributed by atoms with van der Waals surface area (Å²) in [5.41, 5.74) is 0. The zero-order valence-corrected chi connectivity index (χ0v) is 12.6. The van der Waals surface area contributed by atoms with Crippen molar-refractivity contribution < 1.29 is 8.42 Å². The summed E-state index contributed by atoms with van der Waals surface area (Å²) in [6.07, 6.45) is 4.03. The van der Waals surface area contributed by atoms with E-state index in [0.29, 0.717) is 24.3 Å². The lowest BCUT2D eigenvalue weighted by Gasteiger charge is -2.14. The molecule has 1 N–H and O–H groups in total. The fourth-order valence-corrected chi connectivity index (χ4v) is 2.97. The van der Waals surface area contributed by atoms with Crippen molar-refractivity contribution in [2.45, 2.75) is 59.4 Å². The van der Waals surface area contributed by atoms with E-state index in [-0.39, 0.29) is 5.75 Å². The van der Waals surface area contributed by atoms with Gasteiger partial charge in [0.15, 0.2) is 9.84 Å². The Hall–Kier alpha value is -0.0900. The van der Waals surface area contributed by atoms with Gasteiger partial charge in [-0.25, -0.2) is 8.42 Å². The molecule has 0 heterocycles. The molecule has 0 saturated heterocycles. The average molecular weight is 263 g/mol. The monoisotopic (exact) mass is 263 g/mol. The van der Waals surface area contributed by atoms with E-state index in [4.69, 9.17) is 0 Å². The van der Waals surface area contributed by atoms with Crippen LogP contribution in [0.25, 0.3) is 0 Å². The Labute approximate surface area is 107 Å². The normalized spacial score (nSPS) is 14.2. The van der Waals surface area contributed by atoms with Gasteiger partial charge in [-0.15, -0.1) is 0 Å². The molecule has 3 nitrogen and oxygen atoms in total. The number of sulfone groups is 1. The van der Waals surface area contributed by atoms with E-state index in [0.717, 1.165) is 19.3 Å². The Morgan fingerprint density at radius 2 is 1.71 bits per heavy atom. The third-order valence-electron chi connectivity index (χ3n) is 2.89. The molecule has 0 radical (unpaired) electrons. The highest BCUT2D eigenvalue weighted by atomic mass is 32.2. The van der Waals surface area contributed by atoms with Crippen LogP contribution in [-0.4, -0.2) is 32.5 Å². The van der Waals surface area contributed by atoms with Crippen LogP contribution in [0.15, 0.2) is 0 Å². The Morgan fingerprint density at radius 3 is 2.24 bits per heavy atom. The van der Waals surface area contributed by atoms with Crippen LogP contribution < -0.4 is 5.32 Å². The van der Waals surface area contributed by atoms with Crippen molar-refractivity contribution in [1.29, 1.82) is 0 Å². The molecule has 0 saturated carbocycles. The minimum Gasteiger partial charge on any atom is -0.313 e. The van der Waals surface area contributed by atoms with Crippen molar-refractivity contribution in [1.82, 2.24) is 5.32 Å². The summed E-state index contributed by atoms with van der Waals surface area (Å²) in [5.74, 6) is 1.33. The second-order valence-electron chi connectivity index (χ2n) is 5.33. The molecule has 0 fully saturated rings. The lowest BCUT2D eigenvalue weighted by molar-refractivity contribution is 0.459. The lowest BCUT2D eigenvalue weighted by atomic mass is 10.0. The van der Waals surface area contributed by atoms with Gasteiger partial charge in [0, 0.05) is 12.6 Å². The zero-order chi connectivity index (χ0) is 13.3. The Morgan fingerprint density at radius 1 is 1.06 bits per heavy atom. The summed E-state index contributed by atoms with van der Waals surface area (Å²) in [5, 5.41) is 3.29. The SMILES string of the molecule is CCCCS(=O)(=O)CCNC(C)CCC(C)C. The minimum absolute atomic E-state index is 0.277. The van der Waals surface area contributed by atoms with Crippen LogP contribution in [0.3, 0.4) is 0 Å². The van der Waals surface area contributed by atoms with Crippen LogP contribution in [0, 0.1) is 5.92 Å². The average Bonchev–Trinajstić information content (AvgIpc) is 2.23. The minimum atomic E-state index is -2.83. The predicted octanol–water partition coefficient (Wildman–Crippen LogP) is 2.62. The van der Waals surface area contributed by atoms with E-state index >= 15 is 0 Å². The highest BCUT2D eigenvalue weighted by molar-refractivity contribution is 7.91. The zero-order valence-electron chi connectivity index (χ0n) is 11.8. The van der Waals surface area contributed by atoms with Crippen molar-refractivity contribution in [3.8, 4) is 0 Å². The summed E-state index contributed by atoms with van der Waals surface area (Å²) in [6.45, 7) is 9.15. The summed E-state index contributed by atoms with van der Waals surface area (Å²) in [6, 6.07) is 0.416. The van der Waals surface area contributed by atoms with Crippen molar-refractivity contribution in [3.05, 3.63) is 0 Å². The summed E-state index contributed by atoms with van der Waals surface area (Å²) >= 11 is 0. The molecule has 4 heteroatoms. The van der Waals surface area contributed by atoms with E-state index in [9.17, 15) is 8.42 Å². The maximum Gasteiger partial charge on any atom is 0.151 e. The first kappa shape index (κ1) is 16.9. The van der Waals surface area contributed by atoms with E-state index in [1.54, 1.807) is 0 Å². The van der Waals surface area contributed by atoms with Crippen molar-refractivity contribution in [2.24, 2.45) is 5.92 Å². The molecule has 17 heavy (non-hydrogen) atoms. The molecular formula is C13H29NO2S. The van der Waals surface area contributed by atoms with Crippen molar-refractivity contribution in [2.75, 3.05) is 18.1 Å². The fourth-order valence-electron chi connectivity index (χ4n) is 1.61. The van der Waals surface area contributed by atoms with Gasteiger partial charge >= 0.3 is 0 Å². The number of hydrogen-bond acceptors (Lipinski definition) is 3. The van der Waals surface area contributed by atoms with Gasteiger partial charge < -0.3 is 5.32 Å². The standard InChI is InChI=1S/C13H29NO2S/c1-5-6-10-17(15,16)11-9-14-13(4)8-7-12(2)3/h12-14H,5-11H2,1-4H3. The van der Waals surface area contributed by atoms with Crippen LogP contribution in [0.1, 0.15) is 53.4 Å². The molecule has 0 aliphatic carbocycles. The summed E-state index contributed by atoms with van der Waals surface area (Å²) in [4.78, 5) is 0. The number of rotatable bonds is 10. The van der Waals surface area contributed by atoms with Gasteiger partial charge in [0.05, 0.1) is 11.5 Å². The topological polar surface area (TPSA) is 46.2 Å². The molecular weight excluding hydrogens is 234 g/mol. The third-order valence-corrected chi connectivity index (χ3v) is 4.63. The quantitative estimate of drug-likeness (QED) is 0.659. The highest BCUT2D eigenvalue weighted by Gasteiger charge is 2.10. The largest absolute Gasteiger partial charge is 0.313 e. The van der Waals surface area contributed by atoms with Gasteiger partial charge in [-0.05, 0) is 32.1 Å². The van der Waals surface area contributed by atoms with Crippen molar-refractivity contribution >= 4 is 9.84 Å². The van der Waals surface area contributed by atoms with Gasteiger partial charge in [-0.2, -0.15) is 0 Å². The summed E-state index contributed by atoms with van der Waals surface area (Å²) in [7, 11) is -2.83. The van der Waals surface area contributed by atoms with Crippen molar-refractivity contribution in [3.63, 3.8) is 0 Å². The van der Waals surface area contributed by atoms with Crippen LogP contribution in [0.2, 0.25) is 0 Å². The van der Waals surface area contributed by atoms with Crippen LogP contribution in [-0.2, 0) is 9.84 Å². The van der Waals surface area contributed by atoms with Crippen LogP contribution in [0.4, 0.5) is 0 Å². The molecule has 0 aliphatic rings. The first-order valence-electron chi connectivity index (χ1n) is 6.81. The van der Waals surface area contributed by atoms with E-state index in [1.165, 1.54) is 6.42 Å². The molecule has 0 rings (SSSR count). The number of hydrogen-bond donors (Lipinski definition) is 1.